The van der Waals surface area contributed by atoms with E-state index < -0.39 is 44.1 Å². The average Bonchev–Trinajstić information content (AvgIpc) is 2.52. The molecule has 0 unspecified atom stereocenters. The number of aliphatic imine (C=N–C) groups is 1. The number of rotatable bonds is 7. The predicted molar refractivity (Wildman–Crippen MR) is 92.5 cm³/mol. The molecule has 1 aromatic rings. The van der Waals surface area contributed by atoms with Gasteiger partial charge < -0.3 is 11.5 Å². The summed E-state index contributed by atoms with van der Waals surface area (Å²) in [4.78, 5) is 14.4. The fourth-order valence-electron chi connectivity index (χ4n) is 2.42. The minimum Gasteiger partial charge on any atom is -0.370 e. The smallest absolute Gasteiger partial charge is 0.370 e. The fourth-order valence-corrected chi connectivity index (χ4v) is 4.06. The molecular weight excluding hydrogens is 371 g/mol. The zero-order valence-electron chi connectivity index (χ0n) is 14.6. The number of nitrogens with zero attached hydrogens (tertiary/aromatic N) is 1. The lowest BCUT2D eigenvalue weighted by Crippen LogP contribution is -2.25. The van der Waals surface area contributed by atoms with Crippen molar-refractivity contribution >= 4 is 21.7 Å². The van der Waals surface area contributed by atoms with Gasteiger partial charge in [0.05, 0.1) is 16.2 Å². The van der Waals surface area contributed by atoms with E-state index in [4.69, 9.17) is 11.5 Å². The first-order valence-corrected chi connectivity index (χ1v) is 9.70. The quantitative estimate of drug-likeness (QED) is 0.420. The van der Waals surface area contributed by atoms with E-state index in [-0.39, 0.29) is 24.0 Å². The summed E-state index contributed by atoms with van der Waals surface area (Å²) >= 11 is 0. The summed E-state index contributed by atoms with van der Waals surface area (Å²) in [5.41, 5.74) is 8.57. The van der Waals surface area contributed by atoms with Gasteiger partial charge in [0.25, 0.3) is 5.91 Å². The van der Waals surface area contributed by atoms with Crippen molar-refractivity contribution in [2.24, 2.45) is 16.5 Å². The third-order valence-corrected chi connectivity index (χ3v) is 5.54. The van der Waals surface area contributed by atoms with Gasteiger partial charge in [-0.05, 0) is 30.5 Å². The Morgan fingerprint density at radius 1 is 1.15 bits per heavy atom. The van der Waals surface area contributed by atoms with Crippen molar-refractivity contribution in [3.05, 3.63) is 28.8 Å². The molecule has 0 saturated carbocycles. The first-order chi connectivity index (χ1) is 11.9. The molecule has 0 radical (unpaired) electrons. The van der Waals surface area contributed by atoms with E-state index in [0.29, 0.717) is 12.5 Å². The van der Waals surface area contributed by atoms with Crippen molar-refractivity contribution in [2.75, 3.05) is 5.75 Å². The molecule has 0 atom stereocenters. The van der Waals surface area contributed by atoms with Crippen molar-refractivity contribution in [1.82, 2.24) is 0 Å². The van der Waals surface area contributed by atoms with Crippen molar-refractivity contribution in [3.8, 4) is 0 Å². The lowest BCUT2D eigenvalue weighted by Gasteiger charge is -2.17. The largest absolute Gasteiger partial charge is 0.417 e. The zero-order chi connectivity index (χ0) is 20.1. The zero-order valence-corrected chi connectivity index (χ0v) is 15.4. The SMILES string of the molecule is CCCCCS(=O)(=O)c1cc(CC)c(C(=O)N=C(N)N)cc1C(F)(F)F. The Kier molecular flexibility index (Phi) is 7.19. The van der Waals surface area contributed by atoms with Crippen LogP contribution in [0.15, 0.2) is 22.0 Å². The third kappa shape index (κ3) is 5.45. The number of benzene rings is 1. The van der Waals surface area contributed by atoms with Gasteiger partial charge in [0.15, 0.2) is 15.8 Å². The lowest BCUT2D eigenvalue weighted by molar-refractivity contribution is -0.139. The Balaban J connectivity index is 3.62. The summed E-state index contributed by atoms with van der Waals surface area (Å²) in [7, 11) is -4.16. The second-order valence-electron chi connectivity index (χ2n) is 5.72. The number of hydrogen-bond donors (Lipinski definition) is 2. The molecule has 0 aliphatic heterocycles. The van der Waals surface area contributed by atoms with Crippen LogP contribution in [0.3, 0.4) is 0 Å². The summed E-state index contributed by atoms with van der Waals surface area (Å²) in [6, 6.07) is 1.42. The Morgan fingerprint density at radius 3 is 2.23 bits per heavy atom. The van der Waals surface area contributed by atoms with Crippen LogP contribution in [0.1, 0.15) is 54.6 Å². The van der Waals surface area contributed by atoms with Gasteiger partial charge in [-0.3, -0.25) is 4.79 Å². The second-order valence-corrected chi connectivity index (χ2v) is 7.80. The number of alkyl halides is 3. The van der Waals surface area contributed by atoms with Gasteiger partial charge in [-0.1, -0.05) is 26.7 Å². The van der Waals surface area contributed by atoms with Crippen LogP contribution in [0.5, 0.6) is 0 Å². The van der Waals surface area contributed by atoms with Gasteiger partial charge in [0.1, 0.15) is 0 Å². The fraction of sp³-hybridized carbons (Fsp3) is 0.500. The number of halogens is 3. The molecule has 0 aliphatic rings. The Labute approximate surface area is 150 Å². The molecule has 4 N–H and O–H groups in total. The molecule has 0 spiro atoms. The van der Waals surface area contributed by atoms with Crippen molar-refractivity contribution < 1.29 is 26.4 Å². The minimum absolute atomic E-state index is 0.127. The molecule has 6 nitrogen and oxygen atoms in total. The van der Waals surface area contributed by atoms with Crippen LogP contribution in [0, 0.1) is 0 Å². The topological polar surface area (TPSA) is 116 Å². The molecule has 0 fully saturated rings. The van der Waals surface area contributed by atoms with E-state index in [9.17, 15) is 26.4 Å². The van der Waals surface area contributed by atoms with Gasteiger partial charge in [-0.15, -0.1) is 0 Å². The molecule has 0 aliphatic carbocycles. The van der Waals surface area contributed by atoms with Crippen LogP contribution in [-0.2, 0) is 22.4 Å². The van der Waals surface area contributed by atoms with Crippen LogP contribution >= 0.6 is 0 Å². The van der Waals surface area contributed by atoms with Gasteiger partial charge in [-0.2, -0.15) is 18.2 Å². The molecular formula is C16H22F3N3O3S. The highest BCUT2D eigenvalue weighted by atomic mass is 32.2. The number of aryl methyl sites for hydroxylation is 1. The monoisotopic (exact) mass is 393 g/mol. The van der Waals surface area contributed by atoms with E-state index in [1.54, 1.807) is 6.92 Å². The van der Waals surface area contributed by atoms with Gasteiger partial charge in [-0.25, -0.2) is 8.42 Å². The van der Waals surface area contributed by atoms with Gasteiger partial charge in [0.2, 0.25) is 0 Å². The number of nitrogens with two attached hydrogens (primary N) is 2. The maximum Gasteiger partial charge on any atom is 0.417 e. The molecule has 0 aromatic heterocycles. The first kappa shape index (κ1) is 21.9. The number of unbranched alkanes of at least 4 members (excludes halogenated alkanes) is 2. The second kappa shape index (κ2) is 8.52. The third-order valence-electron chi connectivity index (χ3n) is 3.70. The predicted octanol–water partition coefficient (Wildman–Crippen LogP) is 2.65. The van der Waals surface area contributed by atoms with E-state index >= 15 is 0 Å². The standard InChI is InChI=1S/C16H22F3N3O3S/c1-3-5-6-7-26(24,25)13-8-10(4-2)11(14(23)22-15(20)21)9-12(13)16(17,18)19/h8-9H,3-7H2,1-2H3,(H4,20,21,22,23). The van der Waals surface area contributed by atoms with Crippen LogP contribution in [-0.4, -0.2) is 26.0 Å². The van der Waals surface area contributed by atoms with Crippen LogP contribution in [0.4, 0.5) is 13.2 Å². The van der Waals surface area contributed by atoms with Crippen LogP contribution < -0.4 is 11.5 Å². The number of amides is 1. The maximum absolute atomic E-state index is 13.4. The molecule has 26 heavy (non-hydrogen) atoms. The lowest BCUT2D eigenvalue weighted by atomic mass is 10.0. The van der Waals surface area contributed by atoms with E-state index in [2.05, 4.69) is 4.99 Å². The average molecular weight is 393 g/mol. The number of carbonyl (C=O) groups is 1. The summed E-state index contributed by atoms with van der Waals surface area (Å²) < 4.78 is 65.2. The van der Waals surface area contributed by atoms with Crippen molar-refractivity contribution in [3.63, 3.8) is 0 Å². The molecule has 1 aromatic carbocycles. The number of guanidine groups is 1. The molecule has 10 heteroatoms. The number of carbonyl (C=O) groups excluding carboxylic acids is 1. The maximum atomic E-state index is 13.4. The highest BCUT2D eigenvalue weighted by molar-refractivity contribution is 7.91. The van der Waals surface area contributed by atoms with Crippen molar-refractivity contribution in [1.29, 1.82) is 0 Å². The van der Waals surface area contributed by atoms with Crippen LogP contribution in [0.2, 0.25) is 0 Å². The molecule has 0 heterocycles. The highest BCUT2D eigenvalue weighted by Gasteiger charge is 2.38. The summed E-state index contributed by atoms with van der Waals surface area (Å²) in [5, 5.41) is 0. The molecule has 0 saturated heterocycles. The van der Waals surface area contributed by atoms with Crippen LogP contribution in [0.25, 0.3) is 0 Å². The number of hydrogen-bond acceptors (Lipinski definition) is 3. The Bertz CT molecular complexity index is 799. The van der Waals surface area contributed by atoms with Crippen molar-refractivity contribution in [2.45, 2.75) is 50.6 Å². The summed E-state index contributed by atoms with van der Waals surface area (Å²) in [6.07, 6.45) is -3.24. The summed E-state index contributed by atoms with van der Waals surface area (Å²) in [6.45, 7) is 3.44. The van der Waals surface area contributed by atoms with E-state index in [1.807, 2.05) is 6.92 Å². The molecule has 0 bridgehead atoms. The van der Waals surface area contributed by atoms with E-state index in [0.717, 1.165) is 12.5 Å². The summed E-state index contributed by atoms with van der Waals surface area (Å²) in [5.74, 6) is -2.04. The Morgan fingerprint density at radius 2 is 1.77 bits per heavy atom. The van der Waals surface area contributed by atoms with Gasteiger partial charge in [0, 0.05) is 5.56 Å². The molecule has 1 rings (SSSR count). The molecule has 146 valence electrons. The van der Waals surface area contributed by atoms with E-state index in [1.165, 1.54) is 0 Å². The Hall–Kier alpha value is -2.10. The minimum atomic E-state index is -4.95. The normalized spacial score (nSPS) is 12.0. The number of sulfone groups is 1. The van der Waals surface area contributed by atoms with Gasteiger partial charge >= 0.3 is 6.18 Å². The molecule has 1 amide bonds. The highest BCUT2D eigenvalue weighted by Crippen LogP contribution is 2.37. The first-order valence-electron chi connectivity index (χ1n) is 8.04.